The van der Waals surface area contributed by atoms with E-state index in [1.54, 1.807) is 12.3 Å². The lowest BCUT2D eigenvalue weighted by Gasteiger charge is -2.44. The van der Waals surface area contributed by atoms with Crippen LogP contribution in [0.3, 0.4) is 0 Å². The summed E-state index contributed by atoms with van der Waals surface area (Å²) in [6, 6.07) is 5.59. The Bertz CT molecular complexity index is 751. The first-order valence-electron chi connectivity index (χ1n) is 8.04. The van der Waals surface area contributed by atoms with Crippen molar-refractivity contribution in [2.45, 2.75) is 18.9 Å². The SMILES string of the molecule is O=C(NC1CN2CCC1CC2)c1ncc(-c2cc(Cl)cc(Cl)c2)s1. The minimum absolute atomic E-state index is 0.0851. The van der Waals surface area contributed by atoms with E-state index in [1.807, 2.05) is 12.1 Å². The molecule has 0 saturated carbocycles. The summed E-state index contributed by atoms with van der Waals surface area (Å²) in [5.74, 6) is 0.517. The molecule has 2 bridgehead atoms. The fourth-order valence-corrected chi connectivity index (χ4v) is 4.90. The number of halogens is 2. The van der Waals surface area contributed by atoms with Crippen molar-refractivity contribution in [3.8, 4) is 10.4 Å². The van der Waals surface area contributed by atoms with Gasteiger partial charge in [-0.1, -0.05) is 23.2 Å². The molecule has 1 atom stereocenters. The molecule has 24 heavy (non-hydrogen) atoms. The number of piperidine rings is 3. The molecule has 1 amide bonds. The van der Waals surface area contributed by atoms with Crippen LogP contribution in [0.4, 0.5) is 0 Å². The largest absolute Gasteiger partial charge is 0.346 e. The monoisotopic (exact) mass is 381 g/mol. The van der Waals surface area contributed by atoms with Gasteiger partial charge in [-0.05, 0) is 55.6 Å². The predicted octanol–water partition coefficient (Wildman–Crippen LogP) is 3.94. The van der Waals surface area contributed by atoms with Crippen LogP contribution in [0.2, 0.25) is 10.0 Å². The van der Waals surface area contributed by atoms with Gasteiger partial charge in [0.15, 0.2) is 5.01 Å². The normalized spacial score (nSPS) is 25.7. The first kappa shape index (κ1) is 16.3. The highest BCUT2D eigenvalue weighted by molar-refractivity contribution is 7.17. The Kier molecular flexibility index (Phi) is 4.52. The highest BCUT2D eigenvalue weighted by atomic mass is 35.5. The van der Waals surface area contributed by atoms with Gasteiger partial charge in [-0.25, -0.2) is 4.98 Å². The second-order valence-corrected chi connectivity index (χ2v) is 8.31. The van der Waals surface area contributed by atoms with Crippen molar-refractivity contribution in [2.75, 3.05) is 19.6 Å². The van der Waals surface area contributed by atoms with Gasteiger partial charge in [0.05, 0.1) is 4.88 Å². The summed E-state index contributed by atoms with van der Waals surface area (Å²) in [6.45, 7) is 3.28. The van der Waals surface area contributed by atoms with Crippen LogP contribution in [-0.4, -0.2) is 41.5 Å². The van der Waals surface area contributed by atoms with Gasteiger partial charge in [0.1, 0.15) is 0 Å². The minimum Gasteiger partial charge on any atom is -0.346 e. The smallest absolute Gasteiger partial charge is 0.280 e. The lowest BCUT2D eigenvalue weighted by molar-refractivity contribution is 0.0620. The topological polar surface area (TPSA) is 45.2 Å². The summed E-state index contributed by atoms with van der Waals surface area (Å²) in [5, 5.41) is 4.80. The number of hydrogen-bond acceptors (Lipinski definition) is 4. The summed E-state index contributed by atoms with van der Waals surface area (Å²) in [6.07, 6.45) is 4.06. The van der Waals surface area contributed by atoms with Crippen molar-refractivity contribution in [3.63, 3.8) is 0 Å². The Labute approximate surface area is 154 Å². The molecule has 0 radical (unpaired) electrons. The highest BCUT2D eigenvalue weighted by Gasteiger charge is 2.35. The number of rotatable bonds is 3. The van der Waals surface area contributed by atoms with Crippen molar-refractivity contribution in [3.05, 3.63) is 39.4 Å². The number of nitrogens with one attached hydrogen (secondary N) is 1. The van der Waals surface area contributed by atoms with E-state index in [0.717, 1.165) is 30.1 Å². The third-order valence-electron chi connectivity index (χ3n) is 4.82. The molecule has 7 heteroatoms. The predicted molar refractivity (Wildman–Crippen MR) is 98.0 cm³/mol. The van der Waals surface area contributed by atoms with Crippen LogP contribution < -0.4 is 5.32 Å². The van der Waals surface area contributed by atoms with E-state index in [-0.39, 0.29) is 11.9 Å². The van der Waals surface area contributed by atoms with Gasteiger partial charge in [0.25, 0.3) is 5.91 Å². The number of carbonyl (C=O) groups excluding carboxylic acids is 1. The number of thiazole rings is 1. The molecule has 5 rings (SSSR count). The van der Waals surface area contributed by atoms with Crippen LogP contribution in [0, 0.1) is 5.92 Å². The molecule has 0 aliphatic carbocycles. The molecule has 1 N–H and O–H groups in total. The van der Waals surface area contributed by atoms with Crippen LogP contribution >= 0.6 is 34.5 Å². The number of carbonyl (C=O) groups is 1. The van der Waals surface area contributed by atoms with Gasteiger partial charge >= 0.3 is 0 Å². The van der Waals surface area contributed by atoms with Gasteiger partial charge in [0, 0.05) is 28.8 Å². The Morgan fingerprint density at radius 1 is 1.21 bits per heavy atom. The summed E-state index contributed by atoms with van der Waals surface area (Å²) in [5.41, 5.74) is 0.881. The van der Waals surface area contributed by atoms with Crippen molar-refractivity contribution < 1.29 is 4.79 Å². The fraction of sp³-hybridized carbons (Fsp3) is 0.412. The van der Waals surface area contributed by atoms with Crippen LogP contribution in [0.15, 0.2) is 24.4 Å². The number of aromatic nitrogens is 1. The third kappa shape index (κ3) is 3.31. The maximum Gasteiger partial charge on any atom is 0.280 e. The molecule has 3 saturated heterocycles. The summed E-state index contributed by atoms with van der Waals surface area (Å²) in [4.78, 5) is 20.1. The zero-order chi connectivity index (χ0) is 16.7. The van der Waals surface area contributed by atoms with Crippen LogP contribution in [0.25, 0.3) is 10.4 Å². The summed E-state index contributed by atoms with van der Waals surface area (Å²) < 4.78 is 0. The molecule has 2 aromatic rings. The molecule has 1 aromatic heterocycles. The summed E-state index contributed by atoms with van der Waals surface area (Å²) in [7, 11) is 0. The van der Waals surface area contributed by atoms with Crippen molar-refractivity contribution in [1.82, 2.24) is 15.2 Å². The van der Waals surface area contributed by atoms with E-state index in [9.17, 15) is 4.79 Å². The minimum atomic E-state index is -0.0851. The average Bonchev–Trinajstić information content (AvgIpc) is 3.05. The number of amides is 1. The van der Waals surface area contributed by atoms with Gasteiger partial charge in [-0.15, -0.1) is 11.3 Å². The van der Waals surface area contributed by atoms with E-state index in [1.165, 1.54) is 24.2 Å². The molecule has 1 unspecified atom stereocenters. The molecule has 3 fully saturated rings. The number of fused-ring (bicyclic) bond motifs is 3. The standard InChI is InChI=1S/C17H17Cl2N3OS/c18-12-5-11(6-13(19)7-12)15-8-20-17(24-15)16(23)21-14-9-22-3-1-10(14)2-4-22/h5-8,10,14H,1-4,9H2,(H,21,23). The highest BCUT2D eigenvalue weighted by Crippen LogP contribution is 2.32. The lowest BCUT2D eigenvalue weighted by Crippen LogP contribution is -2.57. The van der Waals surface area contributed by atoms with Crippen LogP contribution in [0.1, 0.15) is 22.6 Å². The molecular formula is C17H17Cl2N3OS. The zero-order valence-electron chi connectivity index (χ0n) is 13.0. The quantitative estimate of drug-likeness (QED) is 0.875. The molecule has 1 aromatic carbocycles. The Balaban J connectivity index is 1.49. The fourth-order valence-electron chi connectivity index (χ4n) is 3.57. The molecule has 4 nitrogen and oxygen atoms in total. The molecular weight excluding hydrogens is 365 g/mol. The number of nitrogens with zero attached hydrogens (tertiary/aromatic N) is 2. The van der Waals surface area contributed by atoms with E-state index in [0.29, 0.717) is 21.0 Å². The second kappa shape index (κ2) is 6.64. The van der Waals surface area contributed by atoms with Gasteiger partial charge in [-0.3, -0.25) is 4.79 Å². The lowest BCUT2D eigenvalue weighted by atomic mass is 9.84. The molecule has 0 spiro atoms. The van der Waals surface area contributed by atoms with Crippen LogP contribution in [0.5, 0.6) is 0 Å². The Morgan fingerprint density at radius 2 is 1.92 bits per heavy atom. The van der Waals surface area contributed by atoms with Gasteiger partial charge < -0.3 is 10.2 Å². The van der Waals surface area contributed by atoms with Gasteiger partial charge in [0.2, 0.25) is 0 Å². The maximum atomic E-state index is 12.5. The average molecular weight is 382 g/mol. The van der Waals surface area contributed by atoms with Crippen LogP contribution in [-0.2, 0) is 0 Å². The second-order valence-electron chi connectivity index (χ2n) is 6.41. The number of hydrogen-bond donors (Lipinski definition) is 1. The molecule has 3 aliphatic heterocycles. The van der Waals surface area contributed by atoms with Crippen molar-refractivity contribution in [2.24, 2.45) is 5.92 Å². The van der Waals surface area contributed by atoms with Crippen molar-refractivity contribution >= 4 is 40.4 Å². The van der Waals surface area contributed by atoms with E-state index >= 15 is 0 Å². The van der Waals surface area contributed by atoms with E-state index in [4.69, 9.17) is 23.2 Å². The van der Waals surface area contributed by atoms with E-state index in [2.05, 4.69) is 15.2 Å². The van der Waals surface area contributed by atoms with Gasteiger partial charge in [-0.2, -0.15) is 0 Å². The van der Waals surface area contributed by atoms with Crippen molar-refractivity contribution in [1.29, 1.82) is 0 Å². The molecule has 4 heterocycles. The van der Waals surface area contributed by atoms with E-state index < -0.39 is 0 Å². The molecule has 126 valence electrons. The Hall–Kier alpha value is -1.14. The molecule has 3 aliphatic rings. The maximum absolute atomic E-state index is 12.5. The zero-order valence-corrected chi connectivity index (χ0v) is 15.3. The Morgan fingerprint density at radius 3 is 2.54 bits per heavy atom. The number of benzene rings is 1. The first-order valence-corrected chi connectivity index (χ1v) is 9.61. The summed E-state index contributed by atoms with van der Waals surface area (Å²) >= 11 is 13.5. The first-order chi connectivity index (χ1) is 11.6. The third-order valence-corrected chi connectivity index (χ3v) is 6.30.